The molecule has 3 amide bonds. The average molecular weight is 353 g/mol. The van der Waals surface area contributed by atoms with E-state index in [-0.39, 0.29) is 23.4 Å². The molecule has 8 heteroatoms. The van der Waals surface area contributed by atoms with Gasteiger partial charge in [-0.15, -0.1) is 11.3 Å². The molecule has 1 fully saturated rings. The first-order chi connectivity index (χ1) is 11.4. The Labute approximate surface area is 145 Å². The fourth-order valence-electron chi connectivity index (χ4n) is 2.52. The van der Waals surface area contributed by atoms with Crippen LogP contribution in [-0.2, 0) is 4.79 Å². The van der Waals surface area contributed by atoms with Crippen LogP contribution in [0.4, 0.5) is 9.80 Å². The number of thiophene rings is 1. The molecule has 1 atom stereocenters. The Balaban J connectivity index is 1.89. The summed E-state index contributed by atoms with van der Waals surface area (Å²) >= 11 is 1.18. The first-order valence-corrected chi connectivity index (χ1v) is 8.90. The fourth-order valence-corrected chi connectivity index (χ4v) is 3.29. The van der Waals surface area contributed by atoms with Gasteiger partial charge in [-0.05, 0) is 24.8 Å². The van der Waals surface area contributed by atoms with Crippen molar-refractivity contribution in [1.82, 2.24) is 10.2 Å². The third-order valence-corrected chi connectivity index (χ3v) is 4.68. The molecule has 24 heavy (non-hydrogen) atoms. The zero-order valence-electron chi connectivity index (χ0n) is 13.9. The number of carboxylic acids is 1. The highest BCUT2D eigenvalue weighted by atomic mass is 32.1. The topological polar surface area (TPSA) is 98.7 Å². The molecule has 0 aromatic carbocycles. The van der Waals surface area contributed by atoms with Gasteiger partial charge in [-0.1, -0.05) is 13.8 Å². The van der Waals surface area contributed by atoms with Gasteiger partial charge in [0.05, 0.1) is 16.5 Å². The number of nitrogens with one attached hydrogen (secondary N) is 2. The van der Waals surface area contributed by atoms with Gasteiger partial charge >= 0.3 is 12.0 Å². The third kappa shape index (κ3) is 4.95. The lowest BCUT2D eigenvalue weighted by atomic mass is 9.97. The van der Waals surface area contributed by atoms with Crippen molar-refractivity contribution in [1.29, 1.82) is 0 Å². The minimum Gasteiger partial charge on any atom is -0.478 e. The normalized spacial score (nSPS) is 17.6. The largest absolute Gasteiger partial charge is 0.478 e. The molecule has 2 rings (SSSR count). The number of nitrogens with zero attached hydrogens (tertiary/aromatic N) is 1. The van der Waals surface area contributed by atoms with Gasteiger partial charge in [0.1, 0.15) is 0 Å². The summed E-state index contributed by atoms with van der Waals surface area (Å²) in [6, 6.07) is 1.31. The molecule has 3 N–H and O–H groups in total. The van der Waals surface area contributed by atoms with Crippen LogP contribution < -0.4 is 10.6 Å². The molecular weight excluding hydrogens is 330 g/mol. The number of amides is 3. The summed E-state index contributed by atoms with van der Waals surface area (Å²) in [7, 11) is 0. The predicted molar refractivity (Wildman–Crippen MR) is 92.4 cm³/mol. The van der Waals surface area contributed by atoms with Crippen LogP contribution in [0.5, 0.6) is 0 Å². The number of piperidine rings is 1. The van der Waals surface area contributed by atoms with Crippen LogP contribution in [0.25, 0.3) is 0 Å². The molecule has 1 aromatic heterocycles. The second-order valence-electron chi connectivity index (χ2n) is 6.36. The molecular formula is C16H23N3O4S. The van der Waals surface area contributed by atoms with E-state index in [9.17, 15) is 14.4 Å². The lowest BCUT2D eigenvalue weighted by Gasteiger charge is -2.32. The molecule has 0 bridgehead atoms. The predicted octanol–water partition coefficient (Wildman–Crippen LogP) is 2.46. The molecule has 1 aromatic rings. The zero-order chi connectivity index (χ0) is 17.7. The van der Waals surface area contributed by atoms with Crippen molar-refractivity contribution in [2.45, 2.75) is 26.7 Å². The number of hydrogen-bond donors (Lipinski definition) is 3. The van der Waals surface area contributed by atoms with E-state index < -0.39 is 5.97 Å². The Morgan fingerprint density at radius 1 is 1.42 bits per heavy atom. The number of carboxylic acid groups (broad SMARTS) is 1. The van der Waals surface area contributed by atoms with Crippen molar-refractivity contribution in [2.24, 2.45) is 11.8 Å². The monoisotopic (exact) mass is 353 g/mol. The average Bonchev–Trinajstić information content (AvgIpc) is 3.01. The maximum absolute atomic E-state index is 12.4. The Bertz CT molecular complexity index is 614. The summed E-state index contributed by atoms with van der Waals surface area (Å²) < 4.78 is 0. The molecule has 0 aliphatic carbocycles. The number of aromatic carboxylic acids is 1. The van der Waals surface area contributed by atoms with Crippen LogP contribution in [0, 0.1) is 11.8 Å². The summed E-state index contributed by atoms with van der Waals surface area (Å²) in [5.74, 6) is -1.09. The van der Waals surface area contributed by atoms with E-state index >= 15 is 0 Å². The number of urea groups is 1. The van der Waals surface area contributed by atoms with Crippen molar-refractivity contribution in [3.63, 3.8) is 0 Å². The molecule has 0 radical (unpaired) electrons. The van der Waals surface area contributed by atoms with E-state index in [4.69, 9.17) is 5.11 Å². The fraction of sp³-hybridized carbons (Fsp3) is 0.562. The summed E-state index contributed by atoms with van der Waals surface area (Å²) in [5.41, 5.74) is 0.161. The van der Waals surface area contributed by atoms with E-state index in [1.807, 2.05) is 13.8 Å². The van der Waals surface area contributed by atoms with Gasteiger partial charge < -0.3 is 20.6 Å². The summed E-state index contributed by atoms with van der Waals surface area (Å²) in [6.07, 6.45) is 1.49. The minimum atomic E-state index is -1.02. The van der Waals surface area contributed by atoms with E-state index in [0.717, 1.165) is 12.8 Å². The molecule has 0 spiro atoms. The third-order valence-electron chi connectivity index (χ3n) is 3.83. The summed E-state index contributed by atoms with van der Waals surface area (Å²) in [4.78, 5) is 37.0. The second kappa shape index (κ2) is 8.14. The minimum absolute atomic E-state index is 0.134. The number of rotatable bonds is 5. The van der Waals surface area contributed by atoms with E-state index in [0.29, 0.717) is 30.6 Å². The Hall–Kier alpha value is -2.09. The van der Waals surface area contributed by atoms with Gasteiger partial charge in [0.15, 0.2) is 0 Å². The van der Waals surface area contributed by atoms with Crippen LogP contribution >= 0.6 is 11.3 Å². The highest BCUT2D eigenvalue weighted by molar-refractivity contribution is 7.14. The molecule has 1 aliphatic heterocycles. The highest BCUT2D eigenvalue weighted by Crippen LogP contribution is 2.23. The van der Waals surface area contributed by atoms with Gasteiger partial charge in [-0.2, -0.15) is 0 Å². The number of likely N-dealkylation sites (tertiary alicyclic amines) is 1. The quantitative estimate of drug-likeness (QED) is 0.757. The van der Waals surface area contributed by atoms with E-state index in [1.54, 1.807) is 4.90 Å². The van der Waals surface area contributed by atoms with Crippen molar-refractivity contribution in [3.05, 3.63) is 17.0 Å². The Morgan fingerprint density at radius 3 is 2.79 bits per heavy atom. The SMILES string of the molecule is CC(C)CNC(=O)N1CCCC(C(=O)Nc2cc(C(=O)O)cs2)C1. The zero-order valence-corrected chi connectivity index (χ0v) is 14.7. The standard InChI is InChI=1S/C16H23N3O4S/c1-10(2)7-17-16(23)19-5-3-4-11(8-19)14(20)18-13-6-12(9-24-13)15(21)22/h6,9-11H,3-5,7-8H2,1-2H3,(H,17,23)(H,18,20)(H,21,22). The maximum atomic E-state index is 12.4. The first kappa shape index (κ1) is 18.3. The molecule has 2 heterocycles. The van der Waals surface area contributed by atoms with Crippen molar-refractivity contribution in [2.75, 3.05) is 25.0 Å². The van der Waals surface area contributed by atoms with Gasteiger partial charge in [0.25, 0.3) is 0 Å². The van der Waals surface area contributed by atoms with E-state index in [1.165, 1.54) is 22.8 Å². The van der Waals surface area contributed by atoms with Gasteiger partial charge in [0.2, 0.25) is 5.91 Å². The van der Waals surface area contributed by atoms with Crippen LogP contribution in [0.1, 0.15) is 37.0 Å². The van der Waals surface area contributed by atoms with Crippen molar-refractivity contribution >= 4 is 34.2 Å². The Morgan fingerprint density at radius 2 is 2.17 bits per heavy atom. The lowest BCUT2D eigenvalue weighted by molar-refractivity contribution is -0.121. The summed E-state index contributed by atoms with van der Waals surface area (Å²) in [5, 5.41) is 16.5. The molecule has 1 saturated heterocycles. The molecule has 7 nitrogen and oxygen atoms in total. The van der Waals surface area contributed by atoms with E-state index in [2.05, 4.69) is 10.6 Å². The van der Waals surface area contributed by atoms with Gasteiger partial charge in [-0.3, -0.25) is 4.79 Å². The van der Waals surface area contributed by atoms with Crippen molar-refractivity contribution in [3.8, 4) is 0 Å². The summed E-state index contributed by atoms with van der Waals surface area (Å²) in [6.45, 7) is 5.69. The van der Waals surface area contributed by atoms with Gasteiger partial charge in [-0.25, -0.2) is 9.59 Å². The molecule has 1 aliphatic rings. The van der Waals surface area contributed by atoms with Crippen LogP contribution in [0.3, 0.4) is 0 Å². The molecule has 0 saturated carbocycles. The van der Waals surface area contributed by atoms with Crippen LogP contribution in [0.2, 0.25) is 0 Å². The van der Waals surface area contributed by atoms with Crippen LogP contribution in [0.15, 0.2) is 11.4 Å². The van der Waals surface area contributed by atoms with Crippen LogP contribution in [-0.4, -0.2) is 47.5 Å². The number of anilines is 1. The highest BCUT2D eigenvalue weighted by Gasteiger charge is 2.28. The van der Waals surface area contributed by atoms with Gasteiger partial charge in [0, 0.05) is 25.0 Å². The number of hydrogen-bond acceptors (Lipinski definition) is 4. The first-order valence-electron chi connectivity index (χ1n) is 8.02. The van der Waals surface area contributed by atoms with Crippen molar-refractivity contribution < 1.29 is 19.5 Å². The Kier molecular flexibility index (Phi) is 6.19. The number of carbonyl (C=O) groups excluding carboxylic acids is 2. The molecule has 1 unspecified atom stereocenters. The molecule has 132 valence electrons. The second-order valence-corrected chi connectivity index (χ2v) is 7.27. The maximum Gasteiger partial charge on any atom is 0.336 e. The number of carbonyl (C=O) groups is 3. The smallest absolute Gasteiger partial charge is 0.336 e. The lowest BCUT2D eigenvalue weighted by Crippen LogP contribution is -2.48.